The molecule has 0 amide bonds. The fourth-order valence-electron chi connectivity index (χ4n) is 1.81. The summed E-state index contributed by atoms with van der Waals surface area (Å²) >= 11 is 0. The van der Waals surface area contributed by atoms with E-state index in [1.54, 1.807) is 6.20 Å². The summed E-state index contributed by atoms with van der Waals surface area (Å²) in [6.07, 6.45) is 4.48. The minimum atomic E-state index is -0.0143. The van der Waals surface area contributed by atoms with Gasteiger partial charge in [0.1, 0.15) is 5.75 Å². The normalized spacial score (nSPS) is 12.1. The number of nitrogens with two attached hydrogens (primary N) is 1. The molecule has 0 aliphatic carbocycles. The fourth-order valence-corrected chi connectivity index (χ4v) is 1.81. The van der Waals surface area contributed by atoms with Gasteiger partial charge in [-0.05, 0) is 24.6 Å². The second-order valence-electron chi connectivity index (χ2n) is 4.29. The van der Waals surface area contributed by atoms with Crippen LogP contribution in [-0.2, 0) is 6.42 Å². The van der Waals surface area contributed by atoms with Crippen LogP contribution >= 0.6 is 0 Å². The number of hydrogen-bond acceptors (Lipinski definition) is 3. The Morgan fingerprint density at radius 2 is 2.06 bits per heavy atom. The van der Waals surface area contributed by atoms with Gasteiger partial charge < -0.3 is 10.5 Å². The second-order valence-corrected chi connectivity index (χ2v) is 4.29. The van der Waals surface area contributed by atoms with Crippen LogP contribution in [0.4, 0.5) is 0 Å². The zero-order valence-corrected chi connectivity index (χ0v) is 10.5. The van der Waals surface area contributed by atoms with E-state index in [4.69, 9.17) is 10.5 Å². The Bertz CT molecular complexity index is 483. The van der Waals surface area contributed by atoms with Crippen molar-refractivity contribution >= 4 is 0 Å². The van der Waals surface area contributed by atoms with Gasteiger partial charge in [0.15, 0.2) is 0 Å². The summed E-state index contributed by atoms with van der Waals surface area (Å²) in [5.41, 5.74) is 8.13. The number of ether oxygens (including phenoxy) is 1. The van der Waals surface area contributed by atoms with Gasteiger partial charge in [0.25, 0.3) is 0 Å². The predicted molar refractivity (Wildman–Crippen MR) is 72.5 cm³/mol. The van der Waals surface area contributed by atoms with Crippen LogP contribution in [0.2, 0.25) is 0 Å². The summed E-state index contributed by atoms with van der Waals surface area (Å²) in [5, 5.41) is 0. The summed E-state index contributed by atoms with van der Waals surface area (Å²) in [5.74, 6) is 0.872. The van der Waals surface area contributed by atoms with E-state index in [2.05, 4.69) is 4.98 Å². The highest BCUT2D eigenvalue weighted by Crippen LogP contribution is 2.23. The molecule has 3 nitrogen and oxygen atoms in total. The molecule has 0 fully saturated rings. The molecule has 0 radical (unpaired) electrons. The highest BCUT2D eigenvalue weighted by molar-refractivity contribution is 5.35. The third-order valence-electron chi connectivity index (χ3n) is 2.78. The molecule has 0 aliphatic rings. The van der Waals surface area contributed by atoms with Gasteiger partial charge in [-0.2, -0.15) is 0 Å². The smallest absolute Gasteiger partial charge is 0.124 e. The number of rotatable bonds is 5. The van der Waals surface area contributed by atoms with Gasteiger partial charge in [0.2, 0.25) is 0 Å². The topological polar surface area (TPSA) is 48.1 Å². The van der Waals surface area contributed by atoms with Crippen molar-refractivity contribution in [1.82, 2.24) is 4.98 Å². The molecular weight excluding hydrogens is 224 g/mol. The minimum absolute atomic E-state index is 0.0143. The molecule has 3 heteroatoms. The lowest BCUT2D eigenvalue weighted by molar-refractivity contribution is 0.317. The van der Waals surface area contributed by atoms with Gasteiger partial charge in [-0.1, -0.05) is 24.3 Å². The van der Waals surface area contributed by atoms with E-state index >= 15 is 0 Å². The van der Waals surface area contributed by atoms with Crippen LogP contribution in [0.1, 0.15) is 24.1 Å². The minimum Gasteiger partial charge on any atom is -0.493 e. The lowest BCUT2D eigenvalue weighted by Gasteiger charge is -2.13. The molecule has 0 saturated heterocycles. The molecule has 1 aromatic heterocycles. The predicted octanol–water partition coefficient (Wildman–Crippen LogP) is 2.72. The van der Waals surface area contributed by atoms with E-state index in [1.807, 2.05) is 49.5 Å². The van der Waals surface area contributed by atoms with E-state index in [0.29, 0.717) is 6.61 Å². The van der Waals surface area contributed by atoms with Gasteiger partial charge in [-0.15, -0.1) is 0 Å². The standard InChI is InChI=1S/C15H18N2O/c1-12(16)14-6-2-3-7-15(14)18-10-8-13-5-4-9-17-11-13/h2-7,9,11-12H,8,10,16H2,1H3/t12-/m1/s1. The summed E-state index contributed by atoms with van der Waals surface area (Å²) in [6.45, 7) is 2.60. The first kappa shape index (κ1) is 12.6. The first-order chi connectivity index (χ1) is 8.77. The Kier molecular flexibility index (Phi) is 4.31. The monoisotopic (exact) mass is 242 g/mol. The Morgan fingerprint density at radius 3 is 2.78 bits per heavy atom. The average molecular weight is 242 g/mol. The van der Waals surface area contributed by atoms with E-state index in [1.165, 1.54) is 5.56 Å². The zero-order valence-electron chi connectivity index (χ0n) is 10.5. The first-order valence-corrected chi connectivity index (χ1v) is 6.13. The Balaban J connectivity index is 1.94. The Morgan fingerprint density at radius 1 is 1.22 bits per heavy atom. The lowest BCUT2D eigenvalue weighted by atomic mass is 10.1. The molecule has 0 unspecified atom stereocenters. The molecule has 0 aliphatic heterocycles. The van der Waals surface area contributed by atoms with Crippen molar-refractivity contribution in [3.05, 3.63) is 59.9 Å². The molecule has 1 atom stereocenters. The largest absolute Gasteiger partial charge is 0.493 e. The highest BCUT2D eigenvalue weighted by Gasteiger charge is 2.06. The van der Waals surface area contributed by atoms with Crippen LogP contribution in [0.5, 0.6) is 5.75 Å². The summed E-state index contributed by atoms with van der Waals surface area (Å²) in [4.78, 5) is 4.08. The number of nitrogens with zero attached hydrogens (tertiary/aromatic N) is 1. The number of pyridine rings is 1. The number of hydrogen-bond donors (Lipinski definition) is 1. The second kappa shape index (κ2) is 6.17. The van der Waals surface area contributed by atoms with Gasteiger partial charge in [-0.3, -0.25) is 4.98 Å². The lowest BCUT2D eigenvalue weighted by Crippen LogP contribution is -2.09. The number of para-hydroxylation sites is 1. The molecule has 0 saturated carbocycles. The van der Waals surface area contributed by atoms with Gasteiger partial charge in [-0.25, -0.2) is 0 Å². The van der Waals surface area contributed by atoms with Gasteiger partial charge >= 0.3 is 0 Å². The Labute approximate surface area is 108 Å². The van der Waals surface area contributed by atoms with Crippen LogP contribution in [0.3, 0.4) is 0 Å². The maximum absolute atomic E-state index is 5.91. The van der Waals surface area contributed by atoms with E-state index < -0.39 is 0 Å². The van der Waals surface area contributed by atoms with Gasteiger partial charge in [0.05, 0.1) is 6.61 Å². The van der Waals surface area contributed by atoms with E-state index in [-0.39, 0.29) is 6.04 Å². The molecule has 0 bridgehead atoms. The average Bonchev–Trinajstić information content (AvgIpc) is 2.40. The number of benzene rings is 1. The maximum Gasteiger partial charge on any atom is 0.124 e. The zero-order chi connectivity index (χ0) is 12.8. The van der Waals surface area contributed by atoms with Crippen molar-refractivity contribution in [2.45, 2.75) is 19.4 Å². The molecule has 18 heavy (non-hydrogen) atoms. The number of aromatic nitrogens is 1. The fraction of sp³-hybridized carbons (Fsp3) is 0.267. The van der Waals surface area contributed by atoms with Crippen LogP contribution in [-0.4, -0.2) is 11.6 Å². The summed E-state index contributed by atoms with van der Waals surface area (Å²) < 4.78 is 5.79. The summed E-state index contributed by atoms with van der Waals surface area (Å²) in [6, 6.07) is 11.9. The molecule has 1 heterocycles. The van der Waals surface area contributed by atoms with E-state index in [9.17, 15) is 0 Å². The van der Waals surface area contributed by atoms with Crippen LogP contribution in [0, 0.1) is 0 Å². The van der Waals surface area contributed by atoms with Crippen molar-refractivity contribution in [2.24, 2.45) is 5.73 Å². The van der Waals surface area contributed by atoms with Crippen molar-refractivity contribution in [2.75, 3.05) is 6.61 Å². The first-order valence-electron chi connectivity index (χ1n) is 6.13. The highest BCUT2D eigenvalue weighted by atomic mass is 16.5. The summed E-state index contributed by atoms with van der Waals surface area (Å²) in [7, 11) is 0. The molecule has 2 aromatic rings. The molecule has 2 N–H and O–H groups in total. The van der Waals surface area contributed by atoms with E-state index in [0.717, 1.165) is 17.7 Å². The SMILES string of the molecule is C[C@@H](N)c1ccccc1OCCc1cccnc1. The van der Waals surface area contributed by atoms with Crippen LogP contribution < -0.4 is 10.5 Å². The van der Waals surface area contributed by atoms with Crippen molar-refractivity contribution in [1.29, 1.82) is 0 Å². The van der Waals surface area contributed by atoms with Crippen LogP contribution in [0.15, 0.2) is 48.8 Å². The molecule has 2 rings (SSSR count). The van der Waals surface area contributed by atoms with Crippen molar-refractivity contribution in [3.8, 4) is 5.75 Å². The molecular formula is C15H18N2O. The Hall–Kier alpha value is -1.87. The molecule has 94 valence electrons. The van der Waals surface area contributed by atoms with Crippen molar-refractivity contribution < 1.29 is 4.74 Å². The molecule has 0 spiro atoms. The van der Waals surface area contributed by atoms with Gasteiger partial charge in [0, 0.05) is 30.4 Å². The third kappa shape index (κ3) is 3.31. The quantitative estimate of drug-likeness (QED) is 0.877. The molecule has 1 aromatic carbocycles. The van der Waals surface area contributed by atoms with Crippen molar-refractivity contribution in [3.63, 3.8) is 0 Å². The third-order valence-corrected chi connectivity index (χ3v) is 2.78. The maximum atomic E-state index is 5.91. The van der Waals surface area contributed by atoms with Crippen LogP contribution in [0.25, 0.3) is 0 Å².